The van der Waals surface area contributed by atoms with Gasteiger partial charge in [-0.3, -0.25) is 14.4 Å². The zero-order valence-electron chi connectivity index (χ0n) is 28.6. The molecule has 1 saturated heterocycles. The molecule has 2 aliphatic rings. The topological polar surface area (TPSA) is 176 Å². The van der Waals surface area contributed by atoms with Gasteiger partial charge in [0.2, 0.25) is 17.2 Å². The van der Waals surface area contributed by atoms with E-state index in [2.05, 4.69) is 10.6 Å². The number of carboxylic acids is 1. The summed E-state index contributed by atoms with van der Waals surface area (Å²) in [6, 6.07) is 9.97. The van der Waals surface area contributed by atoms with Gasteiger partial charge in [-0.1, -0.05) is 30.3 Å². The monoisotopic (exact) mass is 692 g/mol. The van der Waals surface area contributed by atoms with Crippen molar-refractivity contribution >= 4 is 40.5 Å². The first kappa shape index (κ1) is 36.3. The van der Waals surface area contributed by atoms with Crippen LogP contribution < -0.4 is 26.7 Å². The van der Waals surface area contributed by atoms with Crippen LogP contribution in [0.25, 0.3) is 10.9 Å². The summed E-state index contributed by atoms with van der Waals surface area (Å²) in [5, 5.41) is 15.1. The van der Waals surface area contributed by atoms with Gasteiger partial charge in [0.1, 0.15) is 29.1 Å². The van der Waals surface area contributed by atoms with Gasteiger partial charge in [0.05, 0.1) is 11.2 Å². The van der Waals surface area contributed by atoms with Crippen molar-refractivity contribution in [1.82, 2.24) is 20.1 Å². The predicted molar refractivity (Wildman–Crippen MR) is 186 cm³/mol. The second-order valence-corrected chi connectivity index (χ2v) is 13.8. The van der Waals surface area contributed by atoms with Gasteiger partial charge in [-0.25, -0.2) is 14.0 Å². The Labute approximate surface area is 289 Å². The number of hydrogen-bond donors (Lipinski definition) is 4. The molecule has 268 valence electrons. The standard InChI is InChI=1S/C36H45FN6O7/c1-36(2,3)50-35(49)40-28(18-22-8-5-4-6-9-22)32(45)39-27(10-7-13-38)33(46)42-16-14-41(15-17-42)30-20-29-24(19-26(30)37)31(44)25(34(47)48)21-43(29)23-11-12-23/h4-6,8-9,19-21,23,27-28H,7,10-18,38H2,1-3H3,(H,39,45)(H,40,49)(H,47,48)/t27-,28-/m0/s1. The van der Waals surface area contributed by atoms with Gasteiger partial charge in [0.25, 0.3) is 0 Å². The summed E-state index contributed by atoms with van der Waals surface area (Å²) in [4.78, 5) is 68.2. The number of piperazine rings is 1. The van der Waals surface area contributed by atoms with Gasteiger partial charge in [0, 0.05) is 50.2 Å². The summed E-state index contributed by atoms with van der Waals surface area (Å²) in [6.07, 6.45) is 3.16. The highest BCUT2D eigenvalue weighted by Crippen LogP contribution is 2.38. The number of fused-ring (bicyclic) bond motifs is 1. The average molecular weight is 693 g/mol. The number of aromatic carboxylic acids is 1. The normalized spacial score (nSPS) is 16.1. The molecule has 1 aliphatic carbocycles. The number of nitrogens with zero attached hydrogens (tertiary/aromatic N) is 3. The third-order valence-corrected chi connectivity index (χ3v) is 8.81. The van der Waals surface area contributed by atoms with Gasteiger partial charge >= 0.3 is 12.1 Å². The molecule has 3 amide bonds. The first-order valence-corrected chi connectivity index (χ1v) is 16.9. The van der Waals surface area contributed by atoms with Crippen LogP contribution in [0, 0.1) is 5.82 Å². The molecule has 0 spiro atoms. The fraction of sp³-hybridized carbons (Fsp3) is 0.472. The number of halogens is 1. The van der Waals surface area contributed by atoms with Crippen LogP contribution in [0.2, 0.25) is 0 Å². The van der Waals surface area contributed by atoms with E-state index in [1.165, 1.54) is 6.20 Å². The van der Waals surface area contributed by atoms with E-state index in [0.29, 0.717) is 18.5 Å². The SMILES string of the molecule is CC(C)(C)OC(=O)N[C@@H](Cc1ccccc1)C(=O)N[C@@H](CCCN)C(=O)N1CCN(c2cc3c(cc2F)c(=O)c(C(=O)O)cn3C2CC2)CC1. The number of hydrogen-bond acceptors (Lipinski definition) is 8. The van der Waals surface area contributed by atoms with Crippen molar-refractivity contribution in [3.63, 3.8) is 0 Å². The van der Waals surface area contributed by atoms with Crippen molar-refractivity contribution in [2.24, 2.45) is 5.73 Å². The van der Waals surface area contributed by atoms with Crippen molar-refractivity contribution in [2.75, 3.05) is 37.6 Å². The smallest absolute Gasteiger partial charge is 0.408 e. The molecule has 0 bridgehead atoms. The lowest BCUT2D eigenvalue weighted by Crippen LogP contribution is -2.58. The molecule has 1 saturated carbocycles. The Morgan fingerprint density at radius 1 is 1.02 bits per heavy atom. The lowest BCUT2D eigenvalue weighted by molar-refractivity contribution is -0.137. The van der Waals surface area contributed by atoms with Crippen LogP contribution in [0.3, 0.4) is 0 Å². The van der Waals surface area contributed by atoms with Crippen LogP contribution in [0.15, 0.2) is 53.5 Å². The summed E-state index contributed by atoms with van der Waals surface area (Å²) < 4.78 is 22.7. The molecule has 1 aliphatic heterocycles. The van der Waals surface area contributed by atoms with E-state index >= 15 is 4.39 Å². The minimum absolute atomic E-state index is 0.0112. The lowest BCUT2D eigenvalue weighted by Gasteiger charge is -2.38. The molecular formula is C36H45FN6O7. The molecular weight excluding hydrogens is 647 g/mol. The molecule has 0 radical (unpaired) electrons. The fourth-order valence-electron chi connectivity index (χ4n) is 6.16. The van der Waals surface area contributed by atoms with Crippen LogP contribution in [0.1, 0.15) is 68.4 Å². The minimum atomic E-state index is -1.36. The van der Waals surface area contributed by atoms with E-state index in [9.17, 15) is 29.1 Å². The number of benzene rings is 2. The number of aromatic nitrogens is 1. The van der Waals surface area contributed by atoms with Crippen molar-refractivity contribution in [2.45, 2.75) is 76.6 Å². The van der Waals surface area contributed by atoms with Crippen LogP contribution in [-0.4, -0.2) is 88.9 Å². The maximum atomic E-state index is 15.5. The number of carbonyl (C=O) groups excluding carboxylic acids is 3. The van der Waals surface area contributed by atoms with Gasteiger partial charge in [0.15, 0.2) is 0 Å². The third kappa shape index (κ3) is 8.78. The summed E-state index contributed by atoms with van der Waals surface area (Å²) in [5.74, 6) is -2.87. The highest BCUT2D eigenvalue weighted by molar-refractivity contribution is 5.94. The van der Waals surface area contributed by atoms with E-state index in [4.69, 9.17) is 10.5 Å². The molecule has 2 fully saturated rings. The van der Waals surface area contributed by atoms with Gasteiger partial charge in [-0.15, -0.1) is 0 Å². The van der Waals surface area contributed by atoms with Crippen LogP contribution >= 0.6 is 0 Å². The number of alkyl carbamates (subject to hydrolysis) is 1. The van der Waals surface area contributed by atoms with Crippen molar-refractivity contribution in [3.8, 4) is 0 Å². The van der Waals surface area contributed by atoms with Crippen molar-refractivity contribution in [3.05, 3.63) is 75.8 Å². The molecule has 50 heavy (non-hydrogen) atoms. The number of carbonyl (C=O) groups is 4. The number of nitrogens with two attached hydrogens (primary N) is 1. The Morgan fingerprint density at radius 2 is 1.70 bits per heavy atom. The predicted octanol–water partition coefficient (Wildman–Crippen LogP) is 3.18. The van der Waals surface area contributed by atoms with Gasteiger partial charge < -0.3 is 40.6 Å². The van der Waals surface area contributed by atoms with Crippen LogP contribution in [-0.2, 0) is 20.7 Å². The van der Waals surface area contributed by atoms with Gasteiger partial charge in [-0.05, 0) is 70.7 Å². The van der Waals surface area contributed by atoms with E-state index in [1.807, 2.05) is 30.3 Å². The first-order valence-electron chi connectivity index (χ1n) is 16.9. The molecule has 0 unspecified atom stereocenters. The summed E-state index contributed by atoms with van der Waals surface area (Å²) in [7, 11) is 0. The molecule has 1 aromatic heterocycles. The Kier molecular flexibility index (Phi) is 11.1. The number of pyridine rings is 1. The maximum Gasteiger partial charge on any atom is 0.408 e. The van der Waals surface area contributed by atoms with Crippen LogP contribution in [0.4, 0.5) is 14.9 Å². The number of rotatable bonds is 12. The number of nitrogens with one attached hydrogen (secondary N) is 2. The average Bonchev–Trinajstić information content (AvgIpc) is 3.91. The highest BCUT2D eigenvalue weighted by Gasteiger charge is 2.33. The van der Waals surface area contributed by atoms with E-state index < -0.39 is 52.5 Å². The van der Waals surface area contributed by atoms with E-state index in [0.717, 1.165) is 24.5 Å². The van der Waals surface area contributed by atoms with Crippen molar-refractivity contribution in [1.29, 1.82) is 0 Å². The minimum Gasteiger partial charge on any atom is -0.477 e. The maximum absolute atomic E-state index is 15.5. The Morgan fingerprint density at radius 3 is 2.30 bits per heavy atom. The molecule has 13 nitrogen and oxygen atoms in total. The molecule has 5 rings (SSSR count). The Bertz CT molecular complexity index is 1800. The molecule has 2 heterocycles. The Balaban J connectivity index is 1.30. The molecule has 5 N–H and O–H groups in total. The van der Waals surface area contributed by atoms with E-state index in [1.54, 1.807) is 41.2 Å². The summed E-state index contributed by atoms with van der Waals surface area (Å²) in [6.45, 7) is 6.50. The second kappa shape index (κ2) is 15.3. The van der Waals surface area contributed by atoms with Gasteiger partial charge in [-0.2, -0.15) is 0 Å². The zero-order chi connectivity index (χ0) is 36.2. The number of ether oxygens (including phenoxy) is 1. The first-order chi connectivity index (χ1) is 23.8. The number of anilines is 1. The number of amides is 3. The highest BCUT2D eigenvalue weighted by atomic mass is 19.1. The molecule has 2 atom stereocenters. The molecule has 3 aromatic rings. The van der Waals surface area contributed by atoms with E-state index in [-0.39, 0.29) is 62.0 Å². The second-order valence-electron chi connectivity index (χ2n) is 13.8. The quantitative estimate of drug-likeness (QED) is 0.222. The zero-order valence-corrected chi connectivity index (χ0v) is 28.6. The van der Waals surface area contributed by atoms with Crippen LogP contribution in [0.5, 0.6) is 0 Å². The Hall–Kier alpha value is -4.98. The fourth-order valence-corrected chi connectivity index (χ4v) is 6.16. The van der Waals surface area contributed by atoms with Crippen molar-refractivity contribution < 1.29 is 33.4 Å². The number of carboxylic acid groups (broad SMARTS) is 1. The molecule has 2 aromatic carbocycles. The summed E-state index contributed by atoms with van der Waals surface area (Å²) >= 11 is 0. The molecule has 14 heteroatoms. The third-order valence-electron chi connectivity index (χ3n) is 8.81. The lowest BCUT2D eigenvalue weighted by atomic mass is 10.0. The largest absolute Gasteiger partial charge is 0.477 e. The summed E-state index contributed by atoms with van der Waals surface area (Å²) in [5.41, 5.74) is 5.39.